The lowest BCUT2D eigenvalue weighted by Crippen LogP contribution is -2.56. The molecular weight excluding hydrogens is 611 g/mol. The second-order valence-corrected chi connectivity index (χ2v) is 15.2. The first-order valence-corrected chi connectivity index (χ1v) is 17.5. The van der Waals surface area contributed by atoms with Crippen molar-refractivity contribution >= 4 is 32.9 Å². The van der Waals surface area contributed by atoms with E-state index < -0.39 is 27.7 Å². The van der Waals surface area contributed by atoms with E-state index in [1.807, 2.05) is 42.7 Å². The van der Waals surface area contributed by atoms with Crippen LogP contribution in [0.1, 0.15) is 73.4 Å². The molecule has 0 radical (unpaired) electrons. The first kappa shape index (κ1) is 32.5. The van der Waals surface area contributed by atoms with E-state index in [1.54, 1.807) is 24.1 Å². The number of carbonyl (C=O) groups excluding carboxylic acids is 2. The largest absolute Gasteiger partial charge is 0.497 e. The molecule has 2 amide bonds. The van der Waals surface area contributed by atoms with Gasteiger partial charge in [-0.1, -0.05) is 25.3 Å². The number of amides is 2. The number of aromatic nitrogens is 1. The fraction of sp³-hybridized carbons (Fsp3) is 0.529. The number of nitrogens with one attached hydrogen (secondary N) is 1. The Morgan fingerprint density at radius 2 is 1.74 bits per heavy atom. The van der Waals surface area contributed by atoms with Crippen molar-refractivity contribution in [2.75, 3.05) is 34.3 Å². The Morgan fingerprint density at radius 3 is 2.39 bits per heavy atom. The number of nitrogens with zero attached hydrogens (tertiary/aromatic N) is 3. The summed E-state index contributed by atoms with van der Waals surface area (Å²) >= 11 is 0. The van der Waals surface area contributed by atoms with Crippen molar-refractivity contribution in [2.45, 2.75) is 82.7 Å². The predicted octanol–water partition coefficient (Wildman–Crippen LogP) is 4.80. The van der Waals surface area contributed by atoms with Gasteiger partial charge in [-0.15, -0.1) is 0 Å². The lowest BCUT2D eigenvalue weighted by Gasteiger charge is -2.39. The first-order chi connectivity index (χ1) is 21.8. The zero-order valence-corrected chi connectivity index (χ0v) is 28.0. The molecule has 3 aromatic rings. The minimum Gasteiger partial charge on any atom is -0.497 e. The van der Waals surface area contributed by atoms with E-state index in [1.165, 1.54) is 14.1 Å². The smallest absolute Gasteiger partial charge is 0.303 e. The van der Waals surface area contributed by atoms with Crippen molar-refractivity contribution in [2.24, 2.45) is 0 Å². The van der Waals surface area contributed by atoms with Crippen LogP contribution in [0.25, 0.3) is 22.2 Å². The second-order valence-electron chi connectivity index (χ2n) is 13.3. The van der Waals surface area contributed by atoms with E-state index in [-0.39, 0.29) is 49.7 Å². The molecule has 1 saturated heterocycles. The van der Waals surface area contributed by atoms with Gasteiger partial charge in [0.2, 0.25) is 5.67 Å². The van der Waals surface area contributed by atoms with Crippen LogP contribution in [-0.4, -0.2) is 86.2 Å². The zero-order chi connectivity index (χ0) is 33.0. The lowest BCUT2D eigenvalue weighted by atomic mass is 9.81. The molecule has 12 heteroatoms. The van der Waals surface area contributed by atoms with Crippen molar-refractivity contribution in [3.05, 3.63) is 53.1 Å². The zero-order valence-electron chi connectivity index (χ0n) is 27.1. The summed E-state index contributed by atoms with van der Waals surface area (Å²) in [5, 5.41) is 0.876. The van der Waals surface area contributed by atoms with Crippen molar-refractivity contribution in [1.82, 2.24) is 18.5 Å². The highest BCUT2D eigenvalue weighted by molar-refractivity contribution is 7.87. The fourth-order valence-electron chi connectivity index (χ4n) is 7.50. The van der Waals surface area contributed by atoms with Gasteiger partial charge in [-0.05, 0) is 74.1 Å². The van der Waals surface area contributed by atoms with Crippen molar-refractivity contribution in [3.63, 3.8) is 0 Å². The summed E-state index contributed by atoms with van der Waals surface area (Å²) in [6, 6.07) is 10.7. The number of morpholine rings is 1. The average molecular weight is 655 g/mol. The number of carbonyl (C=O) groups is 2. The van der Waals surface area contributed by atoms with Crippen LogP contribution < -0.4 is 9.46 Å². The topological polar surface area (TPSA) is 110 Å². The summed E-state index contributed by atoms with van der Waals surface area (Å²) in [7, 11) is 0.200. The number of fused-ring (bicyclic) bond motifs is 5. The number of rotatable bonds is 6. The third kappa shape index (κ3) is 5.91. The minimum absolute atomic E-state index is 0.124. The van der Waals surface area contributed by atoms with Crippen molar-refractivity contribution < 1.29 is 31.9 Å². The van der Waals surface area contributed by atoms with Crippen LogP contribution in [0.5, 0.6) is 5.75 Å². The van der Waals surface area contributed by atoms with Crippen LogP contribution >= 0.6 is 0 Å². The molecule has 248 valence electrons. The van der Waals surface area contributed by atoms with Crippen LogP contribution in [-0.2, 0) is 32.7 Å². The maximum Gasteiger partial charge on any atom is 0.303 e. The molecule has 3 heterocycles. The van der Waals surface area contributed by atoms with E-state index in [2.05, 4.69) is 4.72 Å². The number of hydrogen-bond donors (Lipinski definition) is 1. The van der Waals surface area contributed by atoms with E-state index >= 15 is 4.39 Å². The van der Waals surface area contributed by atoms with Crippen LogP contribution in [0.3, 0.4) is 0 Å². The van der Waals surface area contributed by atoms with E-state index in [0.717, 1.165) is 58.6 Å². The number of alkyl halides is 1. The van der Waals surface area contributed by atoms with Crippen LogP contribution in [0, 0.1) is 0 Å². The minimum atomic E-state index is -4.04. The molecule has 1 N–H and O–H groups in total. The molecule has 2 aliphatic heterocycles. The summed E-state index contributed by atoms with van der Waals surface area (Å²) in [5.41, 5.74) is 1.83. The molecule has 0 spiro atoms. The molecule has 2 fully saturated rings. The van der Waals surface area contributed by atoms with Crippen molar-refractivity contribution in [3.8, 4) is 17.0 Å². The number of halogens is 1. The van der Waals surface area contributed by atoms with Gasteiger partial charge in [0.25, 0.3) is 11.8 Å². The van der Waals surface area contributed by atoms with Gasteiger partial charge in [-0.3, -0.25) is 9.59 Å². The summed E-state index contributed by atoms with van der Waals surface area (Å²) in [4.78, 5) is 29.1. The number of benzene rings is 2. The Bertz CT molecular complexity index is 1770. The second kappa shape index (κ2) is 12.3. The molecule has 1 unspecified atom stereocenters. The van der Waals surface area contributed by atoms with Crippen molar-refractivity contribution in [1.29, 1.82) is 0 Å². The molecule has 0 bridgehead atoms. The van der Waals surface area contributed by atoms with Gasteiger partial charge < -0.3 is 18.9 Å². The Hall–Kier alpha value is -3.48. The molecule has 2 aromatic carbocycles. The maximum atomic E-state index is 17.7. The number of hydrogen-bond acceptors (Lipinski definition) is 6. The van der Waals surface area contributed by atoms with Gasteiger partial charge in [0, 0.05) is 55.6 Å². The first-order valence-electron chi connectivity index (χ1n) is 16.0. The van der Waals surface area contributed by atoms with E-state index in [9.17, 15) is 18.0 Å². The summed E-state index contributed by atoms with van der Waals surface area (Å²) in [6.45, 7) is 4.08. The molecule has 3 atom stereocenters. The number of methoxy groups -OCH3 is 1. The van der Waals surface area contributed by atoms with Gasteiger partial charge in [-0.25, -0.2) is 9.11 Å². The molecule has 46 heavy (non-hydrogen) atoms. The van der Waals surface area contributed by atoms with Crippen LogP contribution in [0.4, 0.5) is 4.39 Å². The Kier molecular flexibility index (Phi) is 8.66. The molecule has 3 aliphatic rings. The number of ether oxygens (including phenoxy) is 2. The summed E-state index contributed by atoms with van der Waals surface area (Å²) < 4.78 is 59.0. The highest BCUT2D eigenvalue weighted by atomic mass is 32.2. The van der Waals surface area contributed by atoms with Gasteiger partial charge in [0.1, 0.15) is 5.75 Å². The standard InChI is InChI=1S/C34H43FN4O6S/c1-21-18-38(19-22(2)45-21)33(41)34(35)17-25-15-26(44-5)12-14-27(25)31-30(23-9-7-6-8-10-23)28-13-11-24(16-29(28)39(31)20-34)32(40)36-46(42,43)37(3)4/h11-16,21-23H,6-10,17-20H2,1-5H3,(H,36,40)/t21-,22+,34?. The highest BCUT2D eigenvalue weighted by Crippen LogP contribution is 2.48. The fourth-order valence-corrected chi connectivity index (χ4v) is 8.03. The molecule has 1 saturated carbocycles. The van der Waals surface area contributed by atoms with E-state index in [4.69, 9.17) is 9.47 Å². The van der Waals surface area contributed by atoms with Crippen LogP contribution in [0.2, 0.25) is 0 Å². The molecule has 1 aromatic heterocycles. The lowest BCUT2D eigenvalue weighted by molar-refractivity contribution is -0.156. The SMILES string of the molecule is COc1ccc2c(c1)CC(F)(C(=O)N1C[C@@H](C)O[C@@H](C)C1)Cn1c-2c(C2CCCCC2)c2ccc(C(=O)NS(=O)(=O)N(C)C)cc21. The van der Waals surface area contributed by atoms with Gasteiger partial charge in [-0.2, -0.15) is 12.7 Å². The predicted molar refractivity (Wildman–Crippen MR) is 174 cm³/mol. The highest BCUT2D eigenvalue weighted by Gasteiger charge is 2.47. The van der Waals surface area contributed by atoms with Gasteiger partial charge >= 0.3 is 10.2 Å². The van der Waals surface area contributed by atoms with Gasteiger partial charge in [0.05, 0.1) is 31.6 Å². The third-order valence-corrected chi connectivity index (χ3v) is 11.0. The van der Waals surface area contributed by atoms with E-state index in [0.29, 0.717) is 16.8 Å². The van der Waals surface area contributed by atoms with Crippen LogP contribution in [0.15, 0.2) is 36.4 Å². The normalized spacial score (nSPS) is 23.9. The molecular formula is C34H43FN4O6S. The molecule has 10 nitrogen and oxygen atoms in total. The average Bonchev–Trinajstić information content (AvgIpc) is 3.25. The quantitative estimate of drug-likeness (QED) is 0.409. The Balaban J connectivity index is 1.57. The Morgan fingerprint density at radius 1 is 1.04 bits per heavy atom. The molecule has 6 rings (SSSR count). The monoisotopic (exact) mass is 654 g/mol. The summed E-state index contributed by atoms with van der Waals surface area (Å²) in [5.74, 6) is -0.599. The Labute approximate surface area is 270 Å². The molecule has 1 aliphatic carbocycles. The maximum absolute atomic E-state index is 17.7. The third-order valence-electron chi connectivity index (χ3n) is 9.62. The van der Waals surface area contributed by atoms with Gasteiger partial charge in [0.15, 0.2) is 0 Å². The summed E-state index contributed by atoms with van der Waals surface area (Å²) in [6.07, 6.45) is 4.66.